The molecule has 2 aromatic rings. The first-order valence-corrected chi connectivity index (χ1v) is 9.03. The largest absolute Gasteiger partial charge is 0.493 e. The molecule has 0 saturated carbocycles. The van der Waals surface area contributed by atoms with E-state index >= 15 is 0 Å². The number of hydrogen-bond donors (Lipinski definition) is 0. The van der Waals surface area contributed by atoms with Crippen LogP contribution in [-0.2, 0) is 10.6 Å². The van der Waals surface area contributed by atoms with E-state index in [1.165, 1.54) is 5.56 Å². The summed E-state index contributed by atoms with van der Waals surface area (Å²) in [6, 6.07) is 16.6. The van der Waals surface area contributed by atoms with Gasteiger partial charge in [-0.05, 0) is 43.9 Å². The molecule has 0 spiro atoms. The van der Waals surface area contributed by atoms with Gasteiger partial charge in [-0.3, -0.25) is 4.84 Å². The molecule has 0 aliphatic carbocycles. The monoisotopic (exact) mass is 353 g/mol. The van der Waals surface area contributed by atoms with Gasteiger partial charge in [-0.2, -0.15) is 0 Å². The highest BCUT2D eigenvalue weighted by Crippen LogP contribution is 2.54. The first-order chi connectivity index (χ1) is 12.7. The van der Waals surface area contributed by atoms with E-state index in [4.69, 9.17) is 14.3 Å². The maximum absolute atomic E-state index is 6.23. The van der Waals surface area contributed by atoms with E-state index in [1.54, 1.807) is 14.2 Å². The van der Waals surface area contributed by atoms with Crippen molar-refractivity contribution in [2.24, 2.45) is 0 Å². The fourth-order valence-corrected chi connectivity index (χ4v) is 3.45. The Hall–Kier alpha value is -2.30. The van der Waals surface area contributed by atoms with Gasteiger partial charge in [0.25, 0.3) is 0 Å². The van der Waals surface area contributed by atoms with Crippen LogP contribution in [-0.4, -0.2) is 19.3 Å². The standard InChI is InChI=1S/C22H27NO3/c1-5-6-10-15-22(19-13-14-20(24-3)21(16-19)25-4)23(26-22)17(2)18-11-8-7-9-12-18/h5,7-9,11-14,16-17H,1,6,10,15H2,2-4H3/t17-,22-,23?/m0/s1. The van der Waals surface area contributed by atoms with Crippen LogP contribution >= 0.6 is 0 Å². The lowest BCUT2D eigenvalue weighted by molar-refractivity contribution is 0.153. The number of methoxy groups -OCH3 is 2. The minimum absolute atomic E-state index is 0.160. The summed E-state index contributed by atoms with van der Waals surface area (Å²) in [5.74, 6) is 1.44. The summed E-state index contributed by atoms with van der Waals surface area (Å²) in [5.41, 5.74) is 1.89. The molecule has 2 aromatic carbocycles. The third-order valence-corrected chi connectivity index (χ3v) is 4.97. The quantitative estimate of drug-likeness (QED) is 0.351. The van der Waals surface area contributed by atoms with Crippen LogP contribution in [0.15, 0.2) is 61.2 Å². The van der Waals surface area contributed by atoms with Crippen LogP contribution in [0.4, 0.5) is 0 Å². The van der Waals surface area contributed by atoms with Gasteiger partial charge >= 0.3 is 0 Å². The lowest BCUT2D eigenvalue weighted by Gasteiger charge is -2.18. The maximum atomic E-state index is 6.23. The Morgan fingerprint density at radius 3 is 2.50 bits per heavy atom. The lowest BCUT2D eigenvalue weighted by atomic mass is 9.96. The van der Waals surface area contributed by atoms with Gasteiger partial charge in [0, 0.05) is 5.56 Å². The van der Waals surface area contributed by atoms with Gasteiger partial charge in [0.2, 0.25) is 0 Å². The molecule has 3 rings (SSSR count). The zero-order valence-electron chi connectivity index (χ0n) is 15.8. The number of hydroxylamine groups is 2. The highest BCUT2D eigenvalue weighted by Gasteiger charge is 2.58. The van der Waals surface area contributed by atoms with E-state index in [9.17, 15) is 0 Å². The minimum Gasteiger partial charge on any atom is -0.493 e. The zero-order chi connectivity index (χ0) is 18.6. The minimum atomic E-state index is -0.433. The van der Waals surface area contributed by atoms with Gasteiger partial charge in [0.1, 0.15) is 0 Å². The van der Waals surface area contributed by atoms with Crippen LogP contribution in [0.2, 0.25) is 0 Å². The van der Waals surface area contributed by atoms with Gasteiger partial charge in [-0.1, -0.05) is 42.5 Å². The van der Waals surface area contributed by atoms with Crippen LogP contribution in [0.25, 0.3) is 0 Å². The van der Waals surface area contributed by atoms with Crippen molar-refractivity contribution in [2.75, 3.05) is 14.2 Å². The number of allylic oxidation sites excluding steroid dienone is 1. The summed E-state index contributed by atoms with van der Waals surface area (Å²) in [4.78, 5) is 6.23. The average molecular weight is 353 g/mol. The van der Waals surface area contributed by atoms with Crippen molar-refractivity contribution in [1.82, 2.24) is 5.06 Å². The van der Waals surface area contributed by atoms with E-state index in [0.717, 1.165) is 36.3 Å². The van der Waals surface area contributed by atoms with E-state index < -0.39 is 5.72 Å². The second-order valence-corrected chi connectivity index (χ2v) is 6.54. The van der Waals surface area contributed by atoms with Gasteiger partial charge < -0.3 is 9.47 Å². The van der Waals surface area contributed by atoms with Crippen molar-refractivity contribution >= 4 is 0 Å². The van der Waals surface area contributed by atoms with Gasteiger partial charge in [0.05, 0.1) is 20.3 Å². The van der Waals surface area contributed by atoms with E-state index in [0.29, 0.717) is 0 Å². The first-order valence-electron chi connectivity index (χ1n) is 9.03. The zero-order valence-corrected chi connectivity index (χ0v) is 15.8. The Morgan fingerprint density at radius 1 is 1.12 bits per heavy atom. The number of nitrogens with zero attached hydrogens (tertiary/aromatic N) is 1. The smallest absolute Gasteiger partial charge is 0.191 e. The Bertz CT molecular complexity index is 746. The van der Waals surface area contributed by atoms with Gasteiger partial charge in [-0.25, -0.2) is 0 Å². The second kappa shape index (κ2) is 7.94. The molecule has 1 aliphatic heterocycles. The fourth-order valence-electron chi connectivity index (χ4n) is 3.45. The van der Waals surface area contributed by atoms with E-state index in [2.05, 4.69) is 48.9 Å². The molecule has 1 aliphatic rings. The molecule has 0 N–H and O–H groups in total. The number of unbranched alkanes of at least 4 members (excludes halogenated alkanes) is 1. The normalized spacial score (nSPS) is 22.5. The lowest BCUT2D eigenvalue weighted by Crippen LogP contribution is -2.19. The van der Waals surface area contributed by atoms with Crippen molar-refractivity contribution in [2.45, 2.75) is 38.0 Å². The summed E-state index contributed by atoms with van der Waals surface area (Å²) in [7, 11) is 3.30. The third kappa shape index (κ3) is 3.48. The van der Waals surface area contributed by atoms with Crippen molar-refractivity contribution in [3.63, 3.8) is 0 Å². The molecule has 26 heavy (non-hydrogen) atoms. The third-order valence-electron chi connectivity index (χ3n) is 4.97. The molecular formula is C22H27NO3. The molecule has 4 nitrogen and oxygen atoms in total. The number of hydrogen-bond acceptors (Lipinski definition) is 4. The van der Waals surface area contributed by atoms with Gasteiger partial charge in [-0.15, -0.1) is 11.6 Å². The SMILES string of the molecule is C=CCCC[C@@]1(c2ccc(OC)c(OC)c2)ON1[C@@H](C)c1ccccc1. The molecular weight excluding hydrogens is 326 g/mol. The molecule has 0 bridgehead atoms. The Kier molecular flexibility index (Phi) is 5.64. The highest BCUT2D eigenvalue weighted by molar-refractivity contribution is 5.45. The molecule has 0 amide bonds. The summed E-state index contributed by atoms with van der Waals surface area (Å²) in [5, 5.41) is 2.09. The molecule has 4 heteroatoms. The van der Waals surface area contributed by atoms with Crippen LogP contribution in [0.3, 0.4) is 0 Å². The summed E-state index contributed by atoms with van der Waals surface area (Å²) < 4.78 is 10.9. The van der Waals surface area contributed by atoms with Crippen LogP contribution < -0.4 is 9.47 Å². The summed E-state index contributed by atoms with van der Waals surface area (Å²) >= 11 is 0. The van der Waals surface area contributed by atoms with Crippen molar-refractivity contribution in [3.05, 3.63) is 72.3 Å². The van der Waals surface area contributed by atoms with Crippen LogP contribution in [0.1, 0.15) is 43.4 Å². The molecule has 1 fully saturated rings. The second-order valence-electron chi connectivity index (χ2n) is 6.54. The number of rotatable bonds is 9. The fraction of sp³-hybridized carbons (Fsp3) is 0.364. The van der Waals surface area contributed by atoms with Gasteiger partial charge in [0.15, 0.2) is 17.2 Å². The molecule has 1 unspecified atom stereocenters. The predicted molar refractivity (Wildman–Crippen MR) is 103 cm³/mol. The predicted octanol–water partition coefficient (Wildman–Crippen LogP) is 5.22. The van der Waals surface area contributed by atoms with Crippen molar-refractivity contribution in [3.8, 4) is 11.5 Å². The summed E-state index contributed by atoms with van der Waals surface area (Å²) in [6.45, 7) is 6.01. The number of ether oxygens (including phenoxy) is 2. The average Bonchev–Trinajstić information content (AvgIpc) is 3.43. The first kappa shape index (κ1) is 18.5. The highest BCUT2D eigenvalue weighted by atomic mass is 16.9. The molecule has 1 saturated heterocycles. The molecule has 0 aromatic heterocycles. The topological polar surface area (TPSA) is 34.0 Å². The Balaban J connectivity index is 1.90. The summed E-state index contributed by atoms with van der Waals surface area (Å²) in [6.07, 6.45) is 4.82. The Labute approximate surface area is 155 Å². The number of benzene rings is 2. The van der Waals surface area contributed by atoms with Crippen molar-refractivity contribution < 1.29 is 14.3 Å². The van der Waals surface area contributed by atoms with E-state index in [-0.39, 0.29) is 6.04 Å². The van der Waals surface area contributed by atoms with Crippen molar-refractivity contribution in [1.29, 1.82) is 0 Å². The van der Waals surface area contributed by atoms with E-state index in [1.807, 2.05) is 24.3 Å². The molecule has 1 heterocycles. The molecule has 138 valence electrons. The van der Waals surface area contributed by atoms with Crippen LogP contribution in [0, 0.1) is 0 Å². The Morgan fingerprint density at radius 2 is 1.85 bits per heavy atom. The van der Waals surface area contributed by atoms with Crippen LogP contribution in [0.5, 0.6) is 11.5 Å². The molecule has 0 radical (unpaired) electrons. The maximum Gasteiger partial charge on any atom is 0.191 e. The molecule has 3 atom stereocenters.